The maximum absolute atomic E-state index is 14.3. The molecule has 5 nitrogen and oxygen atoms in total. The first kappa shape index (κ1) is 31.4. The molecule has 0 aliphatic carbocycles. The SMILES string of the molecule is C=Nc1ccc(C(=C)NC)cc1N(CCCCC)CCN1CCC(c2cccc(CCc3ccc(C)cc3F)n2)CC1. The van der Waals surface area contributed by atoms with Crippen molar-refractivity contribution in [1.82, 2.24) is 15.2 Å². The minimum Gasteiger partial charge on any atom is -0.388 e. The first-order chi connectivity index (χ1) is 20.4. The molecule has 1 aliphatic heterocycles. The highest BCUT2D eigenvalue weighted by atomic mass is 19.1. The molecule has 1 saturated heterocycles. The van der Waals surface area contributed by atoms with Gasteiger partial charge in [0.2, 0.25) is 0 Å². The number of rotatable bonds is 15. The smallest absolute Gasteiger partial charge is 0.126 e. The number of hydrogen-bond acceptors (Lipinski definition) is 5. The molecule has 1 N–H and O–H groups in total. The zero-order chi connectivity index (χ0) is 29.9. The number of benzene rings is 2. The van der Waals surface area contributed by atoms with E-state index in [-0.39, 0.29) is 5.82 Å². The predicted octanol–water partition coefficient (Wildman–Crippen LogP) is 7.71. The van der Waals surface area contributed by atoms with E-state index in [2.05, 4.69) is 76.7 Å². The molecular formula is C36H48FN5. The van der Waals surface area contributed by atoms with Crippen LogP contribution in [-0.2, 0) is 12.8 Å². The molecule has 224 valence electrons. The van der Waals surface area contributed by atoms with E-state index in [0.717, 1.165) is 97.9 Å². The van der Waals surface area contributed by atoms with Crippen LogP contribution in [0.15, 0.2) is 66.2 Å². The molecule has 2 aromatic carbocycles. The maximum atomic E-state index is 14.3. The van der Waals surface area contributed by atoms with Crippen LogP contribution < -0.4 is 10.2 Å². The number of nitrogens with one attached hydrogen (secondary N) is 1. The van der Waals surface area contributed by atoms with Crippen LogP contribution in [0.3, 0.4) is 0 Å². The zero-order valence-corrected chi connectivity index (χ0v) is 25.8. The monoisotopic (exact) mass is 569 g/mol. The van der Waals surface area contributed by atoms with E-state index in [9.17, 15) is 4.39 Å². The molecule has 2 heterocycles. The van der Waals surface area contributed by atoms with Crippen LogP contribution in [0.1, 0.15) is 73.0 Å². The fourth-order valence-corrected chi connectivity index (χ4v) is 5.84. The van der Waals surface area contributed by atoms with Crippen molar-refractivity contribution in [3.8, 4) is 0 Å². The summed E-state index contributed by atoms with van der Waals surface area (Å²) in [7, 11) is 1.91. The molecule has 6 heteroatoms. The summed E-state index contributed by atoms with van der Waals surface area (Å²) in [5.41, 5.74) is 8.00. The molecule has 4 rings (SSSR count). The summed E-state index contributed by atoms with van der Waals surface area (Å²) in [6, 6.07) is 18.2. The normalized spacial score (nSPS) is 14.1. The molecule has 0 saturated carbocycles. The predicted molar refractivity (Wildman–Crippen MR) is 177 cm³/mol. The van der Waals surface area contributed by atoms with Gasteiger partial charge in [0.1, 0.15) is 5.82 Å². The number of pyridine rings is 1. The lowest BCUT2D eigenvalue weighted by Gasteiger charge is -2.34. The summed E-state index contributed by atoms with van der Waals surface area (Å²) >= 11 is 0. The third-order valence-electron chi connectivity index (χ3n) is 8.55. The Morgan fingerprint density at radius 2 is 1.88 bits per heavy atom. The number of piperidine rings is 1. The number of aryl methyl sites for hydroxylation is 3. The third kappa shape index (κ3) is 8.51. The van der Waals surface area contributed by atoms with E-state index in [1.54, 1.807) is 6.07 Å². The molecular weight excluding hydrogens is 521 g/mol. The highest BCUT2D eigenvalue weighted by Gasteiger charge is 2.23. The quantitative estimate of drug-likeness (QED) is 0.150. The topological polar surface area (TPSA) is 43.8 Å². The largest absolute Gasteiger partial charge is 0.388 e. The van der Waals surface area contributed by atoms with E-state index >= 15 is 0 Å². The Balaban J connectivity index is 1.35. The molecule has 0 unspecified atom stereocenters. The number of aliphatic imine (C=N–C) groups is 1. The van der Waals surface area contributed by atoms with Crippen molar-refractivity contribution in [2.45, 2.75) is 64.7 Å². The highest BCUT2D eigenvalue weighted by molar-refractivity contribution is 5.75. The maximum Gasteiger partial charge on any atom is 0.126 e. The van der Waals surface area contributed by atoms with Crippen LogP contribution in [-0.4, -0.2) is 56.4 Å². The van der Waals surface area contributed by atoms with Gasteiger partial charge in [-0.1, -0.05) is 50.6 Å². The summed E-state index contributed by atoms with van der Waals surface area (Å²) in [6.45, 7) is 17.3. The highest BCUT2D eigenvalue weighted by Crippen LogP contribution is 2.32. The number of anilines is 1. The number of hydrogen-bond donors (Lipinski definition) is 1. The van der Waals surface area contributed by atoms with Crippen molar-refractivity contribution in [2.75, 3.05) is 44.7 Å². The van der Waals surface area contributed by atoms with E-state index in [0.29, 0.717) is 12.3 Å². The van der Waals surface area contributed by atoms with Crippen molar-refractivity contribution in [3.05, 3.63) is 95.1 Å². The van der Waals surface area contributed by atoms with Crippen LogP contribution in [0.4, 0.5) is 15.8 Å². The van der Waals surface area contributed by atoms with Gasteiger partial charge in [0.15, 0.2) is 0 Å². The molecule has 0 atom stereocenters. The Morgan fingerprint density at radius 3 is 2.60 bits per heavy atom. The Bertz CT molecular complexity index is 1330. The molecule has 0 bridgehead atoms. The van der Waals surface area contributed by atoms with Gasteiger partial charge in [-0.05, 0) is 106 Å². The Morgan fingerprint density at radius 1 is 1.07 bits per heavy atom. The average molecular weight is 570 g/mol. The lowest BCUT2D eigenvalue weighted by atomic mass is 9.92. The van der Waals surface area contributed by atoms with Crippen molar-refractivity contribution < 1.29 is 4.39 Å². The summed E-state index contributed by atoms with van der Waals surface area (Å²) in [5.74, 6) is 0.356. The van der Waals surface area contributed by atoms with Crippen LogP contribution in [0.25, 0.3) is 5.70 Å². The molecule has 0 radical (unpaired) electrons. The number of likely N-dealkylation sites (tertiary alicyclic amines) is 1. The molecule has 1 fully saturated rings. The third-order valence-corrected chi connectivity index (χ3v) is 8.55. The van der Waals surface area contributed by atoms with Crippen molar-refractivity contribution in [3.63, 3.8) is 0 Å². The van der Waals surface area contributed by atoms with Crippen molar-refractivity contribution in [1.29, 1.82) is 0 Å². The van der Waals surface area contributed by atoms with Gasteiger partial charge >= 0.3 is 0 Å². The van der Waals surface area contributed by atoms with Gasteiger partial charge in [0.05, 0.1) is 11.4 Å². The number of aromatic nitrogens is 1. The van der Waals surface area contributed by atoms with Crippen LogP contribution >= 0.6 is 0 Å². The van der Waals surface area contributed by atoms with Gasteiger partial charge in [-0.15, -0.1) is 0 Å². The zero-order valence-electron chi connectivity index (χ0n) is 25.8. The van der Waals surface area contributed by atoms with Gasteiger partial charge in [-0.3, -0.25) is 9.98 Å². The van der Waals surface area contributed by atoms with Gasteiger partial charge in [-0.25, -0.2) is 4.39 Å². The molecule has 0 spiro atoms. The Labute approximate surface area is 252 Å². The van der Waals surface area contributed by atoms with Crippen LogP contribution in [0.5, 0.6) is 0 Å². The van der Waals surface area contributed by atoms with Gasteiger partial charge in [0.25, 0.3) is 0 Å². The van der Waals surface area contributed by atoms with E-state index < -0.39 is 0 Å². The number of unbranched alkanes of at least 4 members (excludes halogenated alkanes) is 2. The van der Waals surface area contributed by atoms with E-state index in [1.807, 2.05) is 26.1 Å². The molecule has 0 amide bonds. The minimum atomic E-state index is -0.115. The average Bonchev–Trinajstić information content (AvgIpc) is 3.02. The lowest BCUT2D eigenvalue weighted by molar-refractivity contribution is 0.214. The molecule has 1 aromatic heterocycles. The second kappa shape index (κ2) is 15.6. The Hall–Kier alpha value is -3.51. The number of halogens is 1. The fraction of sp³-hybridized carbons (Fsp3) is 0.444. The van der Waals surface area contributed by atoms with E-state index in [4.69, 9.17) is 4.98 Å². The van der Waals surface area contributed by atoms with Crippen LogP contribution in [0, 0.1) is 12.7 Å². The molecule has 42 heavy (non-hydrogen) atoms. The van der Waals surface area contributed by atoms with Gasteiger partial charge in [0, 0.05) is 49.7 Å². The minimum absolute atomic E-state index is 0.115. The summed E-state index contributed by atoms with van der Waals surface area (Å²) < 4.78 is 14.3. The molecule has 3 aromatic rings. The van der Waals surface area contributed by atoms with Gasteiger partial charge < -0.3 is 15.1 Å². The second-order valence-corrected chi connectivity index (χ2v) is 11.5. The summed E-state index contributed by atoms with van der Waals surface area (Å²) in [4.78, 5) is 14.4. The van der Waals surface area contributed by atoms with Crippen molar-refractivity contribution >= 4 is 23.8 Å². The first-order valence-corrected chi connectivity index (χ1v) is 15.6. The lowest BCUT2D eigenvalue weighted by Crippen LogP contribution is -2.40. The van der Waals surface area contributed by atoms with Gasteiger partial charge in [-0.2, -0.15) is 0 Å². The number of nitrogens with zero attached hydrogens (tertiary/aromatic N) is 4. The summed E-state index contributed by atoms with van der Waals surface area (Å²) in [5, 5.41) is 3.17. The molecule has 1 aliphatic rings. The van der Waals surface area contributed by atoms with Crippen LogP contribution in [0.2, 0.25) is 0 Å². The van der Waals surface area contributed by atoms with Crippen molar-refractivity contribution in [2.24, 2.45) is 4.99 Å². The Kier molecular flexibility index (Phi) is 11.7. The summed E-state index contributed by atoms with van der Waals surface area (Å²) in [6.07, 6.45) is 7.21. The second-order valence-electron chi connectivity index (χ2n) is 11.5. The van der Waals surface area contributed by atoms with E-state index in [1.165, 1.54) is 18.5 Å². The fourth-order valence-electron chi connectivity index (χ4n) is 5.84. The first-order valence-electron chi connectivity index (χ1n) is 15.6. The standard InChI is InChI=1S/C36H48FN5/c1-6-7-8-20-42(36-26-31(28(3)38-4)15-17-35(36)39-5)24-23-41-21-18-30(19-22-41)34-11-9-10-32(40-34)16-14-29-13-12-27(2)25-33(29)37/h9-13,15,17,25-26,30,38H,3,5-8,14,16,18-24H2,1-2,4H3.